The van der Waals surface area contributed by atoms with Gasteiger partial charge in [0, 0.05) is 53.5 Å². The van der Waals surface area contributed by atoms with Gasteiger partial charge in [0.2, 0.25) is 0 Å². The number of nitrogens with one attached hydrogen (secondary N) is 1. The molecular weight excluding hydrogens is 556 g/mol. The van der Waals surface area contributed by atoms with Crippen LogP contribution < -0.4 is 5.32 Å². The number of ether oxygens (including phenoxy) is 2. The number of carbonyl (C=O) groups is 2. The first-order chi connectivity index (χ1) is 15.5. The maximum Gasteiger partial charge on any atom is 0.339 e. The minimum Gasteiger partial charge on any atom is -0.462 e. The second kappa shape index (κ2) is 27.3. The molecular formula is C25H41NO4S2TiZn. The third-order valence-electron chi connectivity index (χ3n) is 4.36. The van der Waals surface area contributed by atoms with Crippen LogP contribution in [0.5, 0.6) is 0 Å². The third kappa shape index (κ3) is 20.0. The molecule has 9 heteroatoms. The van der Waals surface area contributed by atoms with Crippen LogP contribution in [0.4, 0.5) is 0 Å². The summed E-state index contributed by atoms with van der Waals surface area (Å²) in [6.07, 6.45) is 8.50. The molecule has 188 valence electrons. The van der Waals surface area contributed by atoms with Crippen molar-refractivity contribution in [3.63, 3.8) is 0 Å². The van der Waals surface area contributed by atoms with Gasteiger partial charge >= 0.3 is 11.9 Å². The van der Waals surface area contributed by atoms with Gasteiger partial charge in [0.1, 0.15) is 4.32 Å². The second-order valence-electron chi connectivity index (χ2n) is 7.29. The number of hydrogen-bond acceptors (Lipinski definition) is 6. The molecule has 0 amide bonds. The smallest absolute Gasteiger partial charge is 0.339 e. The van der Waals surface area contributed by atoms with E-state index >= 15 is 0 Å². The quantitative estimate of drug-likeness (QED) is 0.110. The minimum absolute atomic E-state index is 0. The number of thioether (sulfide) groups is 1. The Morgan fingerprint density at radius 2 is 1.26 bits per heavy atom. The molecule has 1 aromatic carbocycles. The van der Waals surface area contributed by atoms with E-state index in [1.165, 1.54) is 25.7 Å². The molecule has 1 aromatic rings. The molecule has 0 aliphatic rings. The van der Waals surface area contributed by atoms with Crippen molar-refractivity contribution in [1.29, 1.82) is 0 Å². The molecule has 0 atom stereocenters. The van der Waals surface area contributed by atoms with Crippen LogP contribution in [0.25, 0.3) is 0 Å². The van der Waals surface area contributed by atoms with Crippen molar-refractivity contribution in [2.45, 2.75) is 79.1 Å². The molecule has 0 aromatic heterocycles. The molecule has 0 unspecified atom stereocenters. The average Bonchev–Trinajstić information content (AvgIpc) is 2.80. The number of esters is 2. The number of carbonyl (C=O) groups excluding carboxylic acids is 2. The van der Waals surface area contributed by atoms with E-state index in [9.17, 15) is 9.59 Å². The fraction of sp³-hybridized carbons (Fsp3) is 0.640. The Kier molecular flexibility index (Phi) is 30.8. The monoisotopic (exact) mass is 595 g/mol. The Labute approximate surface area is 244 Å². The van der Waals surface area contributed by atoms with E-state index in [1.54, 1.807) is 36.0 Å². The van der Waals surface area contributed by atoms with Crippen LogP contribution in [0, 0.1) is 0 Å². The second-order valence-corrected chi connectivity index (χ2v) is 9.07. The zero-order chi connectivity index (χ0) is 24.0. The first-order valence-electron chi connectivity index (χ1n) is 11.9. The summed E-state index contributed by atoms with van der Waals surface area (Å²) in [6.45, 7) is 10.2. The Hall–Kier alpha value is -0.262. The first kappa shape index (κ1) is 38.3. The van der Waals surface area contributed by atoms with Gasteiger partial charge in [-0.2, -0.15) is 0 Å². The maximum atomic E-state index is 11.9. The molecule has 0 saturated heterocycles. The van der Waals surface area contributed by atoms with Crippen molar-refractivity contribution in [2.24, 2.45) is 0 Å². The fourth-order valence-corrected chi connectivity index (χ4v) is 3.52. The zero-order valence-corrected chi connectivity index (χ0v) is 27.6. The summed E-state index contributed by atoms with van der Waals surface area (Å²) in [4.78, 5) is 23.9. The standard InChI is InChI=1S/C16H22O4.C9H19NS2.Ti.Zn/c1-3-5-11-19-15(17)13-9-7-8-10-14(13)16(18)20-12-6-4-2;1-3-5-7-10-9(11)12-8-6-4-2;;/h7-10H,3-6,11-12H2,1-2H3;3-8H2,1-2H3,(H,10,11);;. The molecule has 34 heavy (non-hydrogen) atoms. The Morgan fingerprint density at radius 1 is 0.824 bits per heavy atom. The molecule has 0 aliphatic heterocycles. The van der Waals surface area contributed by atoms with Crippen LogP contribution in [-0.2, 0) is 50.7 Å². The van der Waals surface area contributed by atoms with Gasteiger partial charge < -0.3 is 14.8 Å². The summed E-state index contributed by atoms with van der Waals surface area (Å²) in [5.41, 5.74) is 0.537. The van der Waals surface area contributed by atoms with Crippen molar-refractivity contribution in [2.75, 3.05) is 25.5 Å². The van der Waals surface area contributed by atoms with Gasteiger partial charge in [-0.05, 0) is 37.8 Å². The molecule has 0 radical (unpaired) electrons. The predicted octanol–water partition coefficient (Wildman–Crippen LogP) is 6.79. The summed E-state index contributed by atoms with van der Waals surface area (Å²) < 4.78 is 11.2. The van der Waals surface area contributed by atoms with Crippen LogP contribution in [0.15, 0.2) is 24.3 Å². The molecule has 0 saturated carbocycles. The fourth-order valence-electron chi connectivity index (χ4n) is 2.34. The van der Waals surface area contributed by atoms with Gasteiger partial charge in [-0.3, -0.25) is 0 Å². The van der Waals surface area contributed by atoms with Gasteiger partial charge in [0.05, 0.1) is 24.3 Å². The van der Waals surface area contributed by atoms with E-state index < -0.39 is 11.9 Å². The minimum atomic E-state index is -0.471. The van der Waals surface area contributed by atoms with Crippen LogP contribution in [0.3, 0.4) is 0 Å². The molecule has 1 N–H and O–H groups in total. The normalized spacial score (nSPS) is 9.41. The van der Waals surface area contributed by atoms with Crippen molar-refractivity contribution in [1.82, 2.24) is 5.32 Å². The van der Waals surface area contributed by atoms with E-state index in [0.29, 0.717) is 13.2 Å². The van der Waals surface area contributed by atoms with E-state index in [2.05, 4.69) is 19.2 Å². The predicted molar refractivity (Wildman–Crippen MR) is 140 cm³/mol. The molecule has 5 nitrogen and oxygen atoms in total. The van der Waals surface area contributed by atoms with E-state index in [4.69, 9.17) is 21.7 Å². The number of unbranched alkanes of at least 4 members (excludes halogenated alkanes) is 4. The molecule has 0 fully saturated rings. The van der Waals surface area contributed by atoms with Crippen LogP contribution >= 0.6 is 24.0 Å². The molecule has 0 bridgehead atoms. The van der Waals surface area contributed by atoms with Crippen molar-refractivity contribution in [3.8, 4) is 0 Å². The van der Waals surface area contributed by atoms with Crippen LogP contribution in [-0.4, -0.2) is 41.8 Å². The molecule has 0 spiro atoms. The first-order valence-corrected chi connectivity index (χ1v) is 13.2. The molecule has 0 heterocycles. The van der Waals surface area contributed by atoms with Crippen molar-refractivity contribution in [3.05, 3.63) is 35.4 Å². The Bertz CT molecular complexity index is 613. The zero-order valence-electron chi connectivity index (χ0n) is 21.5. The van der Waals surface area contributed by atoms with Gasteiger partial charge in [0.25, 0.3) is 0 Å². The van der Waals surface area contributed by atoms with Crippen LogP contribution in [0.1, 0.15) is 99.8 Å². The third-order valence-corrected chi connectivity index (χ3v) is 5.76. The Balaban J connectivity index is -0.000000598. The summed E-state index contributed by atoms with van der Waals surface area (Å²) in [5, 5.41) is 3.24. The summed E-state index contributed by atoms with van der Waals surface area (Å²) in [6, 6.07) is 6.59. The molecule has 0 aliphatic carbocycles. The maximum absolute atomic E-state index is 11.9. The van der Waals surface area contributed by atoms with Gasteiger partial charge in [-0.15, -0.1) is 0 Å². The Morgan fingerprint density at radius 3 is 1.68 bits per heavy atom. The van der Waals surface area contributed by atoms with Gasteiger partial charge in [-0.1, -0.05) is 89.5 Å². The van der Waals surface area contributed by atoms with Gasteiger partial charge in [-0.25, -0.2) is 9.59 Å². The van der Waals surface area contributed by atoms with Gasteiger partial charge in [0.15, 0.2) is 0 Å². The largest absolute Gasteiger partial charge is 0.462 e. The number of rotatable bonds is 14. The average molecular weight is 597 g/mol. The number of benzene rings is 1. The summed E-state index contributed by atoms with van der Waals surface area (Å²) in [7, 11) is 0. The van der Waals surface area contributed by atoms with Crippen LogP contribution in [0.2, 0.25) is 0 Å². The van der Waals surface area contributed by atoms with Crippen molar-refractivity contribution < 1.29 is 60.3 Å². The topological polar surface area (TPSA) is 64.6 Å². The van der Waals surface area contributed by atoms with E-state index in [-0.39, 0.29) is 52.3 Å². The molecule has 1 rings (SSSR count). The summed E-state index contributed by atoms with van der Waals surface area (Å²) in [5.74, 6) is 0.219. The number of thiocarbonyl (C=S) groups is 1. The van der Waals surface area contributed by atoms with E-state index in [1.807, 2.05) is 13.8 Å². The van der Waals surface area contributed by atoms with E-state index in [0.717, 1.165) is 42.3 Å². The SMILES string of the molecule is CCCCNC(=S)SCCCC.CCCCOC(=O)c1ccccc1C(=O)OCCCC.[Ti].[Zn]. The number of hydrogen-bond donors (Lipinski definition) is 1. The van der Waals surface area contributed by atoms with Crippen molar-refractivity contribution >= 4 is 40.2 Å². The summed E-state index contributed by atoms with van der Waals surface area (Å²) >= 11 is 6.90.